The number of hydrogen-bond acceptors (Lipinski definition) is 3. The van der Waals surface area contributed by atoms with Gasteiger partial charge >= 0.3 is 0 Å². The summed E-state index contributed by atoms with van der Waals surface area (Å²) in [6.07, 6.45) is -0.413. The normalized spacial score (nSPS) is 13.9. The average Bonchev–Trinajstić information content (AvgIpc) is 2.39. The van der Waals surface area contributed by atoms with Crippen molar-refractivity contribution in [3.63, 3.8) is 0 Å². The molecule has 2 N–H and O–H groups in total. The maximum atomic E-state index is 12.0. The summed E-state index contributed by atoms with van der Waals surface area (Å²) in [4.78, 5) is 12.0. The molecule has 1 unspecified atom stereocenters. The van der Waals surface area contributed by atoms with Gasteiger partial charge in [-0.05, 0) is 44.4 Å². The molecule has 118 valence electrons. The van der Waals surface area contributed by atoms with Crippen molar-refractivity contribution in [1.82, 2.24) is 5.32 Å². The van der Waals surface area contributed by atoms with E-state index in [4.69, 9.17) is 16.3 Å². The molecular formula is C16H24ClNO3. The number of benzene rings is 1. The molecule has 0 spiro atoms. The molecule has 21 heavy (non-hydrogen) atoms. The molecular weight excluding hydrogens is 290 g/mol. The van der Waals surface area contributed by atoms with Gasteiger partial charge in [-0.1, -0.05) is 25.4 Å². The van der Waals surface area contributed by atoms with E-state index in [0.29, 0.717) is 28.8 Å². The molecule has 0 fully saturated rings. The lowest BCUT2D eigenvalue weighted by Crippen LogP contribution is -2.37. The molecule has 1 rings (SSSR count). The highest BCUT2D eigenvalue weighted by atomic mass is 35.5. The Balaban J connectivity index is 2.65. The Hall–Kier alpha value is -1.26. The van der Waals surface area contributed by atoms with Crippen LogP contribution in [0, 0.1) is 5.92 Å². The third-order valence-corrected chi connectivity index (χ3v) is 3.35. The molecule has 0 bridgehead atoms. The number of ether oxygens (including phenoxy) is 1. The van der Waals surface area contributed by atoms with E-state index >= 15 is 0 Å². The van der Waals surface area contributed by atoms with E-state index in [1.54, 1.807) is 32.0 Å². The molecule has 1 amide bonds. The van der Waals surface area contributed by atoms with Crippen molar-refractivity contribution in [2.45, 2.75) is 46.3 Å². The Morgan fingerprint density at radius 1 is 1.33 bits per heavy atom. The third kappa shape index (κ3) is 5.94. The Bertz CT molecular complexity index is 475. The number of hydrogen-bond donors (Lipinski definition) is 2. The Morgan fingerprint density at radius 3 is 2.57 bits per heavy atom. The molecule has 0 aliphatic carbocycles. The first-order valence-corrected chi connectivity index (χ1v) is 7.61. The van der Waals surface area contributed by atoms with E-state index < -0.39 is 12.2 Å². The summed E-state index contributed by atoms with van der Waals surface area (Å²) in [6.45, 7) is 8.16. The van der Waals surface area contributed by atoms with Crippen molar-refractivity contribution < 1.29 is 14.6 Å². The largest absolute Gasteiger partial charge is 0.481 e. The lowest BCUT2D eigenvalue weighted by Gasteiger charge is -2.19. The van der Waals surface area contributed by atoms with Gasteiger partial charge in [-0.15, -0.1) is 0 Å². The lowest BCUT2D eigenvalue weighted by atomic mass is 10.1. The summed E-state index contributed by atoms with van der Waals surface area (Å²) in [7, 11) is 0. The second-order valence-electron chi connectivity index (χ2n) is 5.59. The molecule has 0 radical (unpaired) electrons. The van der Waals surface area contributed by atoms with Crippen molar-refractivity contribution >= 4 is 17.5 Å². The topological polar surface area (TPSA) is 58.6 Å². The summed E-state index contributed by atoms with van der Waals surface area (Å²) < 4.78 is 5.65. The molecule has 0 heterocycles. The minimum atomic E-state index is -0.713. The van der Waals surface area contributed by atoms with Crippen LogP contribution in [0.1, 0.15) is 45.8 Å². The summed E-state index contributed by atoms with van der Waals surface area (Å²) in [6, 6.07) is 4.99. The molecule has 0 saturated heterocycles. The predicted octanol–water partition coefficient (Wildman–Crippen LogP) is 3.32. The van der Waals surface area contributed by atoms with Gasteiger partial charge in [0, 0.05) is 17.1 Å². The fourth-order valence-electron chi connectivity index (χ4n) is 1.82. The van der Waals surface area contributed by atoms with Crippen LogP contribution in [-0.4, -0.2) is 23.7 Å². The van der Waals surface area contributed by atoms with Gasteiger partial charge < -0.3 is 15.2 Å². The van der Waals surface area contributed by atoms with Gasteiger partial charge in [0.15, 0.2) is 6.10 Å². The highest BCUT2D eigenvalue weighted by Crippen LogP contribution is 2.29. The van der Waals surface area contributed by atoms with Gasteiger partial charge in [-0.2, -0.15) is 0 Å². The number of carbonyl (C=O) groups is 1. The Morgan fingerprint density at radius 2 is 2.00 bits per heavy atom. The molecule has 1 aromatic rings. The first-order valence-electron chi connectivity index (χ1n) is 7.23. The van der Waals surface area contributed by atoms with Crippen LogP contribution in [0.5, 0.6) is 5.75 Å². The fraction of sp³-hybridized carbons (Fsp3) is 0.562. The van der Waals surface area contributed by atoms with Crippen LogP contribution in [0.2, 0.25) is 5.02 Å². The van der Waals surface area contributed by atoms with E-state index in [-0.39, 0.29) is 5.91 Å². The standard InChI is InChI=1S/C16H24ClNO3/c1-10(2)7-8-18-16(20)12(4)21-15-6-5-13(17)9-14(15)11(3)19/h5-6,9-12,19H,7-8H2,1-4H3,(H,18,20)/t11-,12?/m1/s1. The molecule has 2 atom stereocenters. The summed E-state index contributed by atoms with van der Waals surface area (Å²) in [5.41, 5.74) is 0.573. The molecule has 0 aliphatic heterocycles. The van der Waals surface area contributed by atoms with Gasteiger partial charge in [0.25, 0.3) is 5.91 Å². The van der Waals surface area contributed by atoms with Crippen LogP contribution in [-0.2, 0) is 4.79 Å². The molecule has 0 aromatic heterocycles. The first kappa shape index (κ1) is 17.8. The quantitative estimate of drug-likeness (QED) is 0.812. The van der Waals surface area contributed by atoms with Gasteiger partial charge in [0.2, 0.25) is 0 Å². The van der Waals surface area contributed by atoms with Crippen molar-refractivity contribution in [3.8, 4) is 5.75 Å². The van der Waals surface area contributed by atoms with Gasteiger partial charge in [-0.3, -0.25) is 4.79 Å². The molecule has 0 aliphatic rings. The minimum absolute atomic E-state index is 0.165. The number of aliphatic hydroxyl groups excluding tert-OH is 1. The van der Waals surface area contributed by atoms with Gasteiger partial charge in [-0.25, -0.2) is 0 Å². The fourth-order valence-corrected chi connectivity index (χ4v) is 2.01. The van der Waals surface area contributed by atoms with E-state index in [2.05, 4.69) is 19.2 Å². The number of rotatable bonds is 7. The van der Waals surface area contributed by atoms with Crippen molar-refractivity contribution in [3.05, 3.63) is 28.8 Å². The third-order valence-electron chi connectivity index (χ3n) is 3.12. The van der Waals surface area contributed by atoms with Crippen LogP contribution >= 0.6 is 11.6 Å². The van der Waals surface area contributed by atoms with E-state index in [0.717, 1.165) is 6.42 Å². The Labute approximate surface area is 131 Å². The highest BCUT2D eigenvalue weighted by Gasteiger charge is 2.18. The smallest absolute Gasteiger partial charge is 0.260 e. The Kier molecular flexibility index (Phi) is 6.99. The van der Waals surface area contributed by atoms with Crippen molar-refractivity contribution in [1.29, 1.82) is 0 Å². The van der Waals surface area contributed by atoms with E-state index in [1.807, 2.05) is 0 Å². The second kappa shape index (κ2) is 8.25. The molecule has 5 heteroatoms. The SMILES string of the molecule is CC(C)CCNC(=O)C(C)Oc1ccc(Cl)cc1[C@@H](C)O. The molecule has 0 saturated carbocycles. The summed E-state index contributed by atoms with van der Waals surface area (Å²) >= 11 is 5.91. The molecule has 4 nitrogen and oxygen atoms in total. The first-order chi connectivity index (χ1) is 9.81. The number of halogens is 1. The van der Waals surface area contributed by atoms with E-state index in [1.165, 1.54) is 0 Å². The number of amides is 1. The predicted molar refractivity (Wildman–Crippen MR) is 84.6 cm³/mol. The van der Waals surface area contributed by atoms with Crippen LogP contribution in [0.15, 0.2) is 18.2 Å². The lowest BCUT2D eigenvalue weighted by molar-refractivity contribution is -0.127. The maximum absolute atomic E-state index is 12.0. The van der Waals surface area contributed by atoms with Crippen LogP contribution in [0.25, 0.3) is 0 Å². The highest BCUT2D eigenvalue weighted by molar-refractivity contribution is 6.30. The zero-order valence-corrected chi connectivity index (χ0v) is 13.8. The average molecular weight is 314 g/mol. The monoisotopic (exact) mass is 313 g/mol. The maximum Gasteiger partial charge on any atom is 0.260 e. The van der Waals surface area contributed by atoms with Crippen LogP contribution in [0.4, 0.5) is 0 Å². The summed E-state index contributed by atoms with van der Waals surface area (Å²) in [5, 5.41) is 13.1. The zero-order chi connectivity index (χ0) is 16.0. The molecule has 1 aromatic carbocycles. The van der Waals surface area contributed by atoms with Crippen LogP contribution < -0.4 is 10.1 Å². The second-order valence-corrected chi connectivity index (χ2v) is 6.03. The summed E-state index contributed by atoms with van der Waals surface area (Å²) in [5.74, 6) is 0.850. The van der Waals surface area contributed by atoms with E-state index in [9.17, 15) is 9.90 Å². The van der Waals surface area contributed by atoms with Crippen molar-refractivity contribution in [2.75, 3.05) is 6.54 Å². The van der Waals surface area contributed by atoms with Crippen molar-refractivity contribution in [2.24, 2.45) is 5.92 Å². The number of nitrogens with one attached hydrogen (secondary N) is 1. The van der Waals surface area contributed by atoms with Gasteiger partial charge in [0.1, 0.15) is 5.75 Å². The van der Waals surface area contributed by atoms with Crippen LogP contribution in [0.3, 0.4) is 0 Å². The minimum Gasteiger partial charge on any atom is -0.481 e. The zero-order valence-electron chi connectivity index (χ0n) is 13.0. The van der Waals surface area contributed by atoms with Gasteiger partial charge in [0.05, 0.1) is 6.10 Å². The number of carbonyl (C=O) groups excluding carboxylic acids is 1. The number of aliphatic hydroxyl groups is 1.